The number of nitrogens with zero attached hydrogens (tertiary/aromatic N) is 2. The number of hydrogen-bond donors (Lipinski definition) is 1. The molecule has 1 fully saturated rings. The van der Waals surface area contributed by atoms with Crippen molar-refractivity contribution in [3.05, 3.63) is 17.5 Å². The smallest absolute Gasteiger partial charge is 0.0596 e. The molecule has 19 heavy (non-hydrogen) atoms. The maximum Gasteiger partial charge on any atom is 0.0596 e. The Morgan fingerprint density at radius 1 is 1.37 bits per heavy atom. The highest BCUT2D eigenvalue weighted by atomic mass is 15.3. The van der Waals surface area contributed by atoms with Crippen molar-refractivity contribution in [3.8, 4) is 0 Å². The summed E-state index contributed by atoms with van der Waals surface area (Å²) in [4.78, 5) is 0. The van der Waals surface area contributed by atoms with E-state index in [1.807, 2.05) is 0 Å². The molecule has 0 spiro atoms. The van der Waals surface area contributed by atoms with Gasteiger partial charge in [-0.15, -0.1) is 0 Å². The molecule has 0 radical (unpaired) electrons. The fourth-order valence-corrected chi connectivity index (χ4v) is 3.84. The van der Waals surface area contributed by atoms with Gasteiger partial charge in [0.2, 0.25) is 0 Å². The van der Waals surface area contributed by atoms with Crippen LogP contribution in [0.2, 0.25) is 0 Å². The Balaban J connectivity index is 2.17. The molecule has 0 aliphatic heterocycles. The molecule has 1 heterocycles. The number of nitrogens with one attached hydrogen (secondary N) is 1. The summed E-state index contributed by atoms with van der Waals surface area (Å²) in [6.45, 7) is 7.73. The van der Waals surface area contributed by atoms with Crippen molar-refractivity contribution in [2.75, 3.05) is 6.54 Å². The van der Waals surface area contributed by atoms with E-state index in [1.54, 1.807) is 0 Å². The minimum Gasteiger partial charge on any atom is -0.313 e. The van der Waals surface area contributed by atoms with Crippen LogP contribution in [0.5, 0.6) is 0 Å². The molecule has 1 atom stereocenters. The molecule has 1 unspecified atom stereocenters. The molecule has 0 aromatic carbocycles. The Hall–Kier alpha value is -0.830. The van der Waals surface area contributed by atoms with Gasteiger partial charge in [0.25, 0.3) is 0 Å². The predicted octanol–water partition coefficient (Wildman–Crippen LogP) is 3.22. The average Bonchev–Trinajstić information content (AvgIpc) is 2.97. The van der Waals surface area contributed by atoms with Crippen LogP contribution in [0, 0.1) is 12.3 Å². The third kappa shape index (κ3) is 3.02. The van der Waals surface area contributed by atoms with Crippen molar-refractivity contribution in [2.24, 2.45) is 12.5 Å². The van der Waals surface area contributed by atoms with Crippen LogP contribution < -0.4 is 5.32 Å². The topological polar surface area (TPSA) is 29.9 Å². The molecule has 1 N–H and O–H groups in total. The zero-order chi connectivity index (χ0) is 13.9. The van der Waals surface area contributed by atoms with Gasteiger partial charge in [0.05, 0.1) is 5.69 Å². The summed E-state index contributed by atoms with van der Waals surface area (Å²) in [5.41, 5.74) is 3.00. The second-order valence-corrected chi connectivity index (χ2v) is 6.14. The number of aromatic nitrogens is 2. The molecule has 0 amide bonds. The second kappa shape index (κ2) is 6.08. The van der Waals surface area contributed by atoms with Crippen molar-refractivity contribution in [1.29, 1.82) is 0 Å². The number of rotatable bonds is 6. The number of likely N-dealkylation sites (N-methyl/N-ethyl adjacent to an activating group) is 1. The van der Waals surface area contributed by atoms with Crippen LogP contribution in [0.1, 0.15) is 57.3 Å². The molecule has 1 aliphatic rings. The zero-order valence-corrected chi connectivity index (χ0v) is 13.0. The summed E-state index contributed by atoms with van der Waals surface area (Å²) in [6.07, 6.45) is 7.98. The van der Waals surface area contributed by atoms with Crippen LogP contribution in [0.4, 0.5) is 0 Å². The fraction of sp³-hybridized carbons (Fsp3) is 0.812. The van der Waals surface area contributed by atoms with E-state index in [2.05, 4.69) is 49.0 Å². The Bertz CT molecular complexity index is 402. The van der Waals surface area contributed by atoms with Crippen LogP contribution in [0.15, 0.2) is 6.07 Å². The minimum absolute atomic E-state index is 0.508. The first-order valence-corrected chi connectivity index (χ1v) is 7.84. The summed E-state index contributed by atoms with van der Waals surface area (Å²) >= 11 is 0. The van der Waals surface area contributed by atoms with Crippen molar-refractivity contribution in [1.82, 2.24) is 15.1 Å². The molecule has 1 saturated carbocycles. The highest BCUT2D eigenvalue weighted by molar-refractivity contribution is 5.12. The molecular weight excluding hydrogens is 234 g/mol. The van der Waals surface area contributed by atoms with Gasteiger partial charge < -0.3 is 5.32 Å². The van der Waals surface area contributed by atoms with Gasteiger partial charge in [-0.3, -0.25) is 4.68 Å². The fourth-order valence-electron chi connectivity index (χ4n) is 3.84. The molecule has 3 nitrogen and oxygen atoms in total. The summed E-state index contributed by atoms with van der Waals surface area (Å²) in [5.74, 6) is 0. The molecule has 0 saturated heterocycles. The van der Waals surface area contributed by atoms with E-state index < -0.39 is 0 Å². The van der Waals surface area contributed by atoms with E-state index in [1.165, 1.54) is 37.8 Å². The molecule has 1 aromatic rings. The van der Waals surface area contributed by atoms with Gasteiger partial charge in [-0.25, -0.2) is 0 Å². The largest absolute Gasteiger partial charge is 0.313 e. The van der Waals surface area contributed by atoms with Crippen molar-refractivity contribution in [2.45, 2.75) is 65.3 Å². The first kappa shape index (κ1) is 14.6. The molecule has 1 aliphatic carbocycles. The van der Waals surface area contributed by atoms with E-state index in [0.29, 0.717) is 11.5 Å². The van der Waals surface area contributed by atoms with Crippen LogP contribution >= 0.6 is 0 Å². The Morgan fingerprint density at radius 3 is 2.53 bits per heavy atom. The number of aryl methyl sites for hydroxylation is 2. The van der Waals surface area contributed by atoms with Gasteiger partial charge in [-0.05, 0) is 44.2 Å². The lowest BCUT2D eigenvalue weighted by molar-refractivity contribution is 0.184. The minimum atomic E-state index is 0.508. The first-order chi connectivity index (χ1) is 9.11. The van der Waals surface area contributed by atoms with Crippen molar-refractivity contribution in [3.63, 3.8) is 0 Å². The molecule has 2 rings (SSSR count). The standard InChI is InChI=1S/C16H29N3/c1-5-16(9-7-8-10-16)15(17-6-2)12-14-11-13(3)18-19(14)4/h11,15,17H,5-10,12H2,1-4H3. The van der Waals surface area contributed by atoms with Gasteiger partial charge >= 0.3 is 0 Å². The van der Waals surface area contributed by atoms with Gasteiger partial charge in [0, 0.05) is 25.2 Å². The third-order valence-electron chi connectivity index (χ3n) is 5.01. The second-order valence-electron chi connectivity index (χ2n) is 6.14. The van der Waals surface area contributed by atoms with Gasteiger partial charge in [-0.2, -0.15) is 5.10 Å². The third-order valence-corrected chi connectivity index (χ3v) is 5.01. The van der Waals surface area contributed by atoms with E-state index in [0.717, 1.165) is 18.7 Å². The van der Waals surface area contributed by atoms with Crippen molar-refractivity contribution >= 4 is 0 Å². The summed E-state index contributed by atoms with van der Waals surface area (Å²) in [7, 11) is 2.07. The van der Waals surface area contributed by atoms with Crippen LogP contribution in [-0.2, 0) is 13.5 Å². The van der Waals surface area contributed by atoms with Crippen LogP contribution in [0.25, 0.3) is 0 Å². The molecule has 0 bridgehead atoms. The molecule has 1 aromatic heterocycles. The quantitative estimate of drug-likeness (QED) is 0.854. The predicted molar refractivity (Wildman–Crippen MR) is 80.3 cm³/mol. The van der Waals surface area contributed by atoms with Crippen LogP contribution in [-0.4, -0.2) is 22.4 Å². The first-order valence-electron chi connectivity index (χ1n) is 7.84. The lowest BCUT2D eigenvalue weighted by Gasteiger charge is -2.37. The van der Waals surface area contributed by atoms with Crippen LogP contribution in [0.3, 0.4) is 0 Å². The highest BCUT2D eigenvalue weighted by Crippen LogP contribution is 2.44. The summed E-state index contributed by atoms with van der Waals surface area (Å²) in [6, 6.07) is 2.84. The van der Waals surface area contributed by atoms with Crippen molar-refractivity contribution < 1.29 is 0 Å². The Morgan fingerprint density at radius 2 is 2.05 bits per heavy atom. The Labute approximate surface area is 117 Å². The normalized spacial score (nSPS) is 19.8. The highest BCUT2D eigenvalue weighted by Gasteiger charge is 2.39. The van der Waals surface area contributed by atoms with E-state index in [4.69, 9.17) is 0 Å². The molecule has 3 heteroatoms. The number of hydrogen-bond acceptors (Lipinski definition) is 2. The van der Waals surface area contributed by atoms with E-state index in [-0.39, 0.29) is 0 Å². The van der Waals surface area contributed by atoms with E-state index in [9.17, 15) is 0 Å². The van der Waals surface area contributed by atoms with Gasteiger partial charge in [0.1, 0.15) is 0 Å². The van der Waals surface area contributed by atoms with Gasteiger partial charge in [0.15, 0.2) is 0 Å². The average molecular weight is 263 g/mol. The lowest BCUT2D eigenvalue weighted by Crippen LogP contribution is -2.45. The van der Waals surface area contributed by atoms with E-state index >= 15 is 0 Å². The maximum atomic E-state index is 4.49. The maximum absolute atomic E-state index is 4.49. The monoisotopic (exact) mass is 263 g/mol. The van der Waals surface area contributed by atoms with Gasteiger partial charge in [-0.1, -0.05) is 26.7 Å². The summed E-state index contributed by atoms with van der Waals surface area (Å²) in [5, 5.41) is 8.25. The summed E-state index contributed by atoms with van der Waals surface area (Å²) < 4.78 is 2.05. The molecular formula is C16H29N3. The zero-order valence-electron chi connectivity index (χ0n) is 13.0. The SMILES string of the molecule is CCNC(Cc1cc(C)nn1C)C1(CC)CCCC1. The molecule has 108 valence electrons. The Kier molecular flexibility index (Phi) is 4.67. The lowest BCUT2D eigenvalue weighted by atomic mass is 9.74.